The summed E-state index contributed by atoms with van der Waals surface area (Å²) in [7, 11) is 7.93. The molecule has 1 saturated carbocycles. The molecule has 64 heavy (non-hydrogen) atoms. The van der Waals surface area contributed by atoms with Gasteiger partial charge in [0, 0.05) is 82.6 Å². The third-order valence-electron chi connectivity index (χ3n) is 12.4. The Morgan fingerprint density at radius 3 is 1.61 bits per heavy atom. The van der Waals surface area contributed by atoms with Crippen LogP contribution >= 0.6 is 0 Å². The number of Topliss-reactive ketones (excluding diaryl/α,β-unsaturated/α-hetero) is 1. The maximum Gasteiger partial charge on any atom is 0.324 e. The van der Waals surface area contributed by atoms with Gasteiger partial charge in [0.05, 0.1) is 18.3 Å². The van der Waals surface area contributed by atoms with Crippen LogP contribution in [0.5, 0.6) is 0 Å². The molecule has 1 spiro atoms. The van der Waals surface area contributed by atoms with E-state index in [4.69, 9.17) is 48.1 Å². The molecule has 16 heteroatoms. The largest absolute Gasteiger partial charge is 0.462 e. The molecule has 3 aromatic carbocycles. The number of methoxy groups -OCH3 is 5. The molecule has 0 amide bonds. The van der Waals surface area contributed by atoms with E-state index in [9.17, 15) is 14.7 Å². The highest BCUT2D eigenvalue weighted by molar-refractivity contribution is 6.05. The van der Waals surface area contributed by atoms with Gasteiger partial charge in [0.1, 0.15) is 46.1 Å². The number of carbonyl (C=O) groups is 2. The van der Waals surface area contributed by atoms with Crippen LogP contribution < -0.4 is 14.7 Å². The van der Waals surface area contributed by atoms with E-state index in [2.05, 4.69) is 12.1 Å². The average Bonchev–Trinajstić information content (AvgIpc) is 3.38. The number of anilines is 3. The van der Waals surface area contributed by atoms with Crippen molar-refractivity contribution >= 4 is 28.8 Å². The molecule has 4 aromatic rings. The summed E-state index contributed by atoms with van der Waals surface area (Å²) in [5, 5.41) is 12.4. The molecule has 1 N–H and O–H groups in total. The van der Waals surface area contributed by atoms with Crippen LogP contribution in [-0.2, 0) is 42.7 Å². The molecule has 346 valence electrons. The topological polar surface area (TPSA) is 167 Å². The summed E-state index contributed by atoms with van der Waals surface area (Å²) in [6, 6.07) is 18.0. The number of rotatable bonds is 19. The van der Waals surface area contributed by atoms with Crippen molar-refractivity contribution in [1.29, 1.82) is 0 Å². The molecule has 1 aliphatic heterocycles. The van der Waals surface area contributed by atoms with E-state index in [1.807, 2.05) is 84.9 Å². The average molecular weight is 885 g/mol. The van der Waals surface area contributed by atoms with Gasteiger partial charge in [-0.2, -0.15) is 0 Å². The van der Waals surface area contributed by atoms with Crippen molar-refractivity contribution in [3.63, 3.8) is 0 Å². The van der Waals surface area contributed by atoms with Crippen LogP contribution in [0.3, 0.4) is 0 Å². The van der Waals surface area contributed by atoms with Crippen LogP contribution in [0.4, 0.5) is 17.1 Å². The predicted octanol–water partition coefficient (Wildman–Crippen LogP) is 6.09. The van der Waals surface area contributed by atoms with Crippen molar-refractivity contribution in [2.75, 3.05) is 104 Å². The van der Waals surface area contributed by atoms with Gasteiger partial charge >= 0.3 is 5.97 Å². The lowest BCUT2D eigenvalue weighted by Gasteiger charge is -2.51. The second kappa shape index (κ2) is 21.3. The fourth-order valence-corrected chi connectivity index (χ4v) is 9.28. The lowest BCUT2D eigenvalue weighted by molar-refractivity contribution is -0.186. The lowest BCUT2D eigenvalue weighted by atomic mass is 9.60. The molecule has 2 heterocycles. The first-order chi connectivity index (χ1) is 30.7. The number of ether oxygens (including phenoxy) is 7. The minimum Gasteiger partial charge on any atom is -0.462 e. The zero-order chi connectivity index (χ0) is 46.2. The number of aryl methyl sites for hydroxylation is 4. The molecule has 1 saturated heterocycles. The Morgan fingerprint density at radius 1 is 0.703 bits per heavy atom. The van der Waals surface area contributed by atoms with Gasteiger partial charge in [-0.05, 0) is 76.8 Å². The summed E-state index contributed by atoms with van der Waals surface area (Å²) in [6.07, 6.45) is -0.697. The Morgan fingerprint density at radius 2 is 1.17 bits per heavy atom. The highest BCUT2D eigenvalue weighted by Gasteiger charge is 2.65. The first-order valence-electron chi connectivity index (χ1n) is 21.5. The Hall–Kier alpha value is -5.07. The highest BCUT2D eigenvalue weighted by Crippen LogP contribution is 2.52. The Balaban J connectivity index is 1.45. The first-order valence-corrected chi connectivity index (χ1v) is 21.5. The molecule has 2 fully saturated rings. The Labute approximate surface area is 376 Å². The standard InChI is InChI=1S/C48H64N6O10/c1-31-11-13-39(33(3)19-31)43-49-44(40-14-12-32(2)20-34(40)4)51-45(50-43)41-15-16-47(24-42(41)56)48(35(5)55,46(57)63-17-18-64-47)25-52(26-58-6)36-21-37(53(27-59-7)28-60-8)23-38(22-36)54(29-61-9)30-62-10/h11-14,19-23,41-42,56H,15-18,24-30H2,1-10H3. The van der Waals surface area contributed by atoms with Crippen LogP contribution in [0.2, 0.25) is 0 Å². The monoisotopic (exact) mass is 884 g/mol. The predicted molar refractivity (Wildman–Crippen MR) is 243 cm³/mol. The minimum absolute atomic E-state index is 0.0250. The van der Waals surface area contributed by atoms with Crippen LogP contribution in [0, 0.1) is 33.1 Å². The second-order valence-corrected chi connectivity index (χ2v) is 16.9. The third-order valence-corrected chi connectivity index (χ3v) is 12.4. The SMILES string of the molecule is COCN(COC)c1cc(N(COC)COC)cc(N(COC)CC2(C(C)=O)C(=O)OCCOC23CCC(c2nc(-c4ccc(C)cc4C)nc(-c4ccc(C)cc4C)n2)C(O)C3)c1. The summed E-state index contributed by atoms with van der Waals surface area (Å²) < 4.78 is 40.5. The van der Waals surface area contributed by atoms with Gasteiger partial charge in [0.25, 0.3) is 0 Å². The first kappa shape index (κ1) is 48.4. The van der Waals surface area contributed by atoms with Gasteiger partial charge in [0.15, 0.2) is 22.8 Å². The maximum absolute atomic E-state index is 14.7. The van der Waals surface area contributed by atoms with Gasteiger partial charge in [0.2, 0.25) is 0 Å². The van der Waals surface area contributed by atoms with Crippen molar-refractivity contribution in [2.45, 2.75) is 71.5 Å². The number of aliphatic hydroxyl groups excluding tert-OH is 1. The zero-order valence-corrected chi connectivity index (χ0v) is 38.9. The van der Waals surface area contributed by atoms with Gasteiger partial charge in [-0.3, -0.25) is 9.59 Å². The molecule has 0 bridgehead atoms. The van der Waals surface area contributed by atoms with Crippen molar-refractivity contribution in [1.82, 2.24) is 15.0 Å². The molecular formula is C48H64N6O10. The number of benzene rings is 3. The minimum atomic E-state index is -1.91. The van der Waals surface area contributed by atoms with Crippen molar-refractivity contribution in [3.05, 3.63) is 82.7 Å². The number of esters is 1. The van der Waals surface area contributed by atoms with Crippen molar-refractivity contribution in [2.24, 2.45) is 5.41 Å². The summed E-state index contributed by atoms with van der Waals surface area (Å²) in [5.41, 5.74) is 4.62. The molecule has 1 aromatic heterocycles. The number of ketones is 1. The summed E-state index contributed by atoms with van der Waals surface area (Å²) in [6.45, 7) is 10.1. The van der Waals surface area contributed by atoms with E-state index in [1.165, 1.54) is 6.92 Å². The molecule has 6 rings (SSSR count). The third kappa shape index (κ3) is 10.1. The van der Waals surface area contributed by atoms with E-state index in [0.29, 0.717) is 29.6 Å². The van der Waals surface area contributed by atoms with Crippen LogP contribution in [0.15, 0.2) is 54.6 Å². The Kier molecular flexibility index (Phi) is 16.1. The highest BCUT2D eigenvalue weighted by atomic mass is 16.6. The van der Waals surface area contributed by atoms with E-state index < -0.39 is 34.8 Å². The van der Waals surface area contributed by atoms with E-state index >= 15 is 0 Å². The van der Waals surface area contributed by atoms with Crippen LogP contribution in [-0.4, -0.2) is 132 Å². The number of nitrogens with zero attached hydrogens (tertiary/aromatic N) is 6. The molecular weight excluding hydrogens is 821 g/mol. The van der Waals surface area contributed by atoms with Gasteiger partial charge in [-0.15, -0.1) is 0 Å². The smallest absolute Gasteiger partial charge is 0.324 e. The summed E-state index contributed by atoms with van der Waals surface area (Å²) in [5.74, 6) is -0.347. The number of hydrogen-bond acceptors (Lipinski definition) is 16. The fourth-order valence-electron chi connectivity index (χ4n) is 9.28. The summed E-state index contributed by atoms with van der Waals surface area (Å²) in [4.78, 5) is 49.9. The summed E-state index contributed by atoms with van der Waals surface area (Å²) >= 11 is 0. The maximum atomic E-state index is 14.7. The number of hydrogen-bond donors (Lipinski definition) is 1. The van der Waals surface area contributed by atoms with Gasteiger partial charge < -0.3 is 53.0 Å². The van der Waals surface area contributed by atoms with Crippen molar-refractivity contribution in [3.8, 4) is 22.8 Å². The van der Waals surface area contributed by atoms with Crippen LogP contribution in [0.25, 0.3) is 22.8 Å². The number of aliphatic hydroxyl groups is 1. The lowest BCUT2D eigenvalue weighted by Crippen LogP contribution is -2.65. The zero-order valence-electron chi connectivity index (χ0n) is 38.9. The molecule has 1 aliphatic carbocycles. The van der Waals surface area contributed by atoms with Gasteiger partial charge in [-0.25, -0.2) is 15.0 Å². The normalized spacial score (nSPS) is 21.1. The van der Waals surface area contributed by atoms with Crippen molar-refractivity contribution < 1.29 is 47.9 Å². The molecule has 2 aliphatic rings. The Bertz CT molecular complexity index is 2140. The fraction of sp³-hybridized carbons (Fsp3) is 0.521. The number of aromatic nitrogens is 3. The van der Waals surface area contributed by atoms with E-state index in [0.717, 1.165) is 44.8 Å². The quantitative estimate of drug-likeness (QED) is 0.0652. The van der Waals surface area contributed by atoms with Crippen LogP contribution in [0.1, 0.15) is 60.2 Å². The molecule has 0 radical (unpaired) electrons. The second-order valence-electron chi connectivity index (χ2n) is 16.9. The van der Waals surface area contributed by atoms with E-state index in [1.54, 1.807) is 35.5 Å². The van der Waals surface area contributed by atoms with E-state index in [-0.39, 0.29) is 66.3 Å². The number of cyclic esters (lactones) is 1. The molecule has 16 nitrogen and oxygen atoms in total. The van der Waals surface area contributed by atoms with Gasteiger partial charge in [-0.1, -0.05) is 47.5 Å². The molecule has 4 atom stereocenters. The number of carbonyl (C=O) groups excluding carboxylic acids is 2. The molecule has 4 unspecified atom stereocenters.